The molecule has 0 radical (unpaired) electrons. The lowest BCUT2D eigenvalue weighted by Crippen LogP contribution is -2.33. The summed E-state index contributed by atoms with van der Waals surface area (Å²) in [7, 11) is 0. The summed E-state index contributed by atoms with van der Waals surface area (Å²) in [6.07, 6.45) is 4.09. The highest BCUT2D eigenvalue weighted by molar-refractivity contribution is 9.10. The second kappa shape index (κ2) is 7.09. The van der Waals surface area contributed by atoms with Crippen LogP contribution < -0.4 is 5.32 Å². The molecule has 20 heavy (non-hydrogen) atoms. The van der Waals surface area contributed by atoms with Gasteiger partial charge in [0.05, 0.1) is 0 Å². The third-order valence-corrected chi connectivity index (χ3v) is 5.32. The fourth-order valence-electron chi connectivity index (χ4n) is 3.93. The maximum Gasteiger partial charge on any atom is 0.0360 e. The van der Waals surface area contributed by atoms with E-state index in [9.17, 15) is 0 Å². The highest BCUT2D eigenvalue weighted by Crippen LogP contribution is 2.41. The minimum Gasteiger partial charge on any atom is -0.310 e. The first kappa shape index (κ1) is 16.0. The monoisotopic (exact) mass is 337 g/mol. The number of hydrogen-bond acceptors (Lipinski definition) is 1. The molecule has 0 saturated heterocycles. The summed E-state index contributed by atoms with van der Waals surface area (Å²) in [5.41, 5.74) is 2.79. The second-order valence-electron chi connectivity index (χ2n) is 6.74. The predicted molar refractivity (Wildman–Crippen MR) is 91.0 cm³/mol. The average molecular weight is 338 g/mol. The van der Waals surface area contributed by atoms with Gasteiger partial charge in [-0.25, -0.2) is 0 Å². The van der Waals surface area contributed by atoms with Gasteiger partial charge in [0, 0.05) is 10.5 Å². The van der Waals surface area contributed by atoms with Crippen molar-refractivity contribution in [2.45, 2.75) is 53.0 Å². The number of rotatable bonds is 4. The van der Waals surface area contributed by atoms with E-state index in [1.54, 1.807) is 0 Å². The zero-order chi connectivity index (χ0) is 14.7. The Morgan fingerprint density at radius 1 is 1.20 bits per heavy atom. The molecule has 112 valence electrons. The van der Waals surface area contributed by atoms with Crippen LogP contribution in [0.2, 0.25) is 0 Å². The first-order valence-electron chi connectivity index (χ1n) is 8.00. The van der Waals surface area contributed by atoms with Crippen LogP contribution in [0, 0.1) is 24.7 Å². The van der Waals surface area contributed by atoms with Crippen LogP contribution in [0.25, 0.3) is 0 Å². The van der Waals surface area contributed by atoms with E-state index < -0.39 is 0 Å². The van der Waals surface area contributed by atoms with Crippen LogP contribution in [-0.2, 0) is 0 Å². The van der Waals surface area contributed by atoms with Crippen molar-refractivity contribution in [1.29, 1.82) is 0 Å². The van der Waals surface area contributed by atoms with E-state index in [1.807, 2.05) is 0 Å². The summed E-state index contributed by atoms with van der Waals surface area (Å²) in [4.78, 5) is 0. The summed E-state index contributed by atoms with van der Waals surface area (Å²) in [5.74, 6) is 2.47. The van der Waals surface area contributed by atoms with Crippen LogP contribution in [0.5, 0.6) is 0 Å². The van der Waals surface area contributed by atoms with Crippen LogP contribution in [0.3, 0.4) is 0 Å². The quantitative estimate of drug-likeness (QED) is 0.766. The van der Waals surface area contributed by atoms with E-state index in [0.29, 0.717) is 6.04 Å². The zero-order valence-corrected chi connectivity index (χ0v) is 14.8. The average Bonchev–Trinajstić information content (AvgIpc) is 2.38. The molecule has 2 heteroatoms. The van der Waals surface area contributed by atoms with Gasteiger partial charge >= 0.3 is 0 Å². The first-order chi connectivity index (χ1) is 9.51. The number of halogens is 1. The standard InChI is InChI=1S/C18H28BrN/c1-5-20-18(15-9-13(3)8-14(4)10-15)16-11-12(2)6-7-17(16)19/h6-7,11,13-15,18,20H,5,8-10H2,1-4H3. The number of benzene rings is 1. The normalized spacial score (nSPS) is 28.4. The largest absolute Gasteiger partial charge is 0.310 e. The molecule has 3 atom stereocenters. The van der Waals surface area contributed by atoms with E-state index in [0.717, 1.165) is 24.3 Å². The Balaban J connectivity index is 2.28. The highest BCUT2D eigenvalue weighted by atomic mass is 79.9. The summed E-state index contributed by atoms with van der Waals surface area (Å²) in [5, 5.41) is 3.75. The molecule has 2 rings (SSSR count). The van der Waals surface area contributed by atoms with Crippen molar-refractivity contribution in [3.8, 4) is 0 Å². The van der Waals surface area contributed by atoms with Crippen molar-refractivity contribution < 1.29 is 0 Å². The lowest BCUT2D eigenvalue weighted by Gasteiger charge is -2.37. The molecule has 0 bridgehead atoms. The molecular formula is C18H28BrN. The molecule has 0 heterocycles. The molecule has 0 spiro atoms. The van der Waals surface area contributed by atoms with Gasteiger partial charge in [-0.15, -0.1) is 0 Å². The minimum atomic E-state index is 0.486. The molecule has 0 amide bonds. The van der Waals surface area contributed by atoms with Crippen molar-refractivity contribution in [1.82, 2.24) is 5.32 Å². The minimum absolute atomic E-state index is 0.486. The van der Waals surface area contributed by atoms with Gasteiger partial charge in [0.15, 0.2) is 0 Å². The Kier molecular flexibility index (Phi) is 5.68. The zero-order valence-electron chi connectivity index (χ0n) is 13.2. The Morgan fingerprint density at radius 3 is 2.45 bits per heavy atom. The van der Waals surface area contributed by atoms with Crippen molar-refractivity contribution in [2.24, 2.45) is 17.8 Å². The molecule has 3 unspecified atom stereocenters. The number of nitrogens with one attached hydrogen (secondary N) is 1. The second-order valence-corrected chi connectivity index (χ2v) is 7.59. The molecule has 0 aromatic heterocycles. The summed E-state index contributed by atoms with van der Waals surface area (Å²) in [6, 6.07) is 7.22. The van der Waals surface area contributed by atoms with Crippen LogP contribution in [-0.4, -0.2) is 6.54 Å². The molecule has 1 aromatic rings. The van der Waals surface area contributed by atoms with Crippen molar-refractivity contribution >= 4 is 15.9 Å². The van der Waals surface area contributed by atoms with E-state index in [4.69, 9.17) is 0 Å². The van der Waals surface area contributed by atoms with Gasteiger partial charge in [0.2, 0.25) is 0 Å². The lowest BCUT2D eigenvalue weighted by atomic mass is 9.72. The van der Waals surface area contributed by atoms with E-state index >= 15 is 0 Å². The van der Waals surface area contributed by atoms with Gasteiger partial charge in [-0.2, -0.15) is 0 Å². The van der Waals surface area contributed by atoms with Gasteiger partial charge in [0.1, 0.15) is 0 Å². The van der Waals surface area contributed by atoms with Gasteiger partial charge in [-0.3, -0.25) is 0 Å². The molecule has 1 aromatic carbocycles. The van der Waals surface area contributed by atoms with Crippen molar-refractivity contribution in [3.05, 3.63) is 33.8 Å². The fraction of sp³-hybridized carbons (Fsp3) is 0.667. The van der Waals surface area contributed by atoms with Crippen LogP contribution >= 0.6 is 15.9 Å². The van der Waals surface area contributed by atoms with Gasteiger partial charge in [0.25, 0.3) is 0 Å². The van der Waals surface area contributed by atoms with Crippen LogP contribution in [0.4, 0.5) is 0 Å². The Bertz CT molecular complexity index is 433. The maximum absolute atomic E-state index is 3.76. The van der Waals surface area contributed by atoms with E-state index in [2.05, 4.69) is 67.1 Å². The van der Waals surface area contributed by atoms with Gasteiger partial charge in [-0.1, -0.05) is 54.4 Å². The van der Waals surface area contributed by atoms with Crippen molar-refractivity contribution in [3.63, 3.8) is 0 Å². The molecule has 1 nitrogen and oxygen atoms in total. The van der Waals surface area contributed by atoms with Gasteiger partial charge in [-0.05, 0) is 62.1 Å². The molecule has 1 aliphatic carbocycles. The Morgan fingerprint density at radius 2 is 1.85 bits per heavy atom. The van der Waals surface area contributed by atoms with Crippen LogP contribution in [0.1, 0.15) is 57.2 Å². The fourth-order valence-corrected chi connectivity index (χ4v) is 4.43. The third-order valence-electron chi connectivity index (χ3n) is 4.60. The highest BCUT2D eigenvalue weighted by Gasteiger charge is 2.31. The molecule has 1 saturated carbocycles. The molecule has 1 N–H and O–H groups in total. The number of hydrogen-bond donors (Lipinski definition) is 1. The number of aryl methyl sites for hydroxylation is 1. The van der Waals surface area contributed by atoms with Crippen LogP contribution in [0.15, 0.2) is 22.7 Å². The van der Waals surface area contributed by atoms with E-state index in [1.165, 1.54) is 34.9 Å². The summed E-state index contributed by atoms with van der Waals surface area (Å²) < 4.78 is 1.25. The van der Waals surface area contributed by atoms with E-state index in [-0.39, 0.29) is 0 Å². The Labute approximate surface area is 132 Å². The molecular weight excluding hydrogens is 310 g/mol. The smallest absolute Gasteiger partial charge is 0.0360 e. The predicted octanol–water partition coefficient (Wildman–Crippen LogP) is 5.48. The van der Waals surface area contributed by atoms with Crippen molar-refractivity contribution in [2.75, 3.05) is 6.54 Å². The topological polar surface area (TPSA) is 12.0 Å². The molecule has 0 aliphatic heterocycles. The van der Waals surface area contributed by atoms with Gasteiger partial charge < -0.3 is 5.32 Å². The summed E-state index contributed by atoms with van der Waals surface area (Å²) >= 11 is 3.76. The lowest BCUT2D eigenvalue weighted by molar-refractivity contribution is 0.177. The third kappa shape index (κ3) is 3.85. The summed E-state index contributed by atoms with van der Waals surface area (Å²) in [6.45, 7) is 10.3. The molecule has 1 aliphatic rings. The molecule has 1 fully saturated rings. The Hall–Kier alpha value is -0.340. The SMILES string of the molecule is CCNC(c1cc(C)ccc1Br)C1CC(C)CC(C)C1. The maximum atomic E-state index is 3.76. The first-order valence-corrected chi connectivity index (χ1v) is 8.80.